The summed E-state index contributed by atoms with van der Waals surface area (Å²) in [4.78, 5) is 37.5. The number of aliphatic carboxylic acids is 1. The number of hydrogen-bond donors (Lipinski definition) is 3. The molecule has 0 saturated heterocycles. The van der Waals surface area contributed by atoms with Crippen LogP contribution in [0.3, 0.4) is 0 Å². The Balaban J connectivity index is 1.19. The van der Waals surface area contributed by atoms with E-state index >= 15 is 0 Å². The number of ether oxygens (including phenoxy) is 2. The van der Waals surface area contributed by atoms with Gasteiger partial charge >= 0.3 is 12.1 Å². The predicted octanol–water partition coefficient (Wildman–Crippen LogP) is 4.57. The van der Waals surface area contributed by atoms with E-state index < -0.39 is 30.1 Å². The third-order valence-corrected chi connectivity index (χ3v) is 7.06. The van der Waals surface area contributed by atoms with Crippen molar-refractivity contribution < 1.29 is 29.0 Å². The monoisotopic (exact) mass is 554 g/mol. The van der Waals surface area contributed by atoms with Crippen molar-refractivity contribution in [2.24, 2.45) is 7.05 Å². The van der Waals surface area contributed by atoms with Crippen LogP contribution in [0, 0.1) is 0 Å². The van der Waals surface area contributed by atoms with Gasteiger partial charge in [0.2, 0.25) is 0 Å². The molecule has 0 spiro atoms. The SMILES string of the molecule is CC(OCc1ccccc1)C(NC(=O)c1cc(NC(=O)OCC2c3ccccc3-c3ccccc32)nn1C)C(=O)O. The minimum atomic E-state index is -1.31. The Hall–Kier alpha value is -4.96. The number of aryl methyl sites for hydroxylation is 1. The molecule has 0 bridgehead atoms. The van der Waals surface area contributed by atoms with Crippen molar-refractivity contribution in [3.8, 4) is 11.1 Å². The van der Waals surface area contributed by atoms with Gasteiger partial charge in [-0.1, -0.05) is 78.9 Å². The van der Waals surface area contributed by atoms with Gasteiger partial charge in [0.25, 0.3) is 5.91 Å². The van der Waals surface area contributed by atoms with Gasteiger partial charge in [0.1, 0.15) is 12.3 Å². The predicted molar refractivity (Wildman–Crippen MR) is 151 cm³/mol. The molecule has 0 aliphatic heterocycles. The maximum absolute atomic E-state index is 13.0. The Morgan fingerprint density at radius 3 is 2.20 bits per heavy atom. The van der Waals surface area contributed by atoms with E-state index in [9.17, 15) is 19.5 Å². The molecule has 210 valence electrons. The first-order valence-electron chi connectivity index (χ1n) is 13.2. The second-order valence-corrected chi connectivity index (χ2v) is 9.78. The Kier molecular flexibility index (Phi) is 8.11. The van der Waals surface area contributed by atoms with Gasteiger partial charge in [-0.25, -0.2) is 9.59 Å². The summed E-state index contributed by atoms with van der Waals surface area (Å²) in [5, 5.41) is 18.9. The summed E-state index contributed by atoms with van der Waals surface area (Å²) >= 11 is 0. The average molecular weight is 555 g/mol. The zero-order valence-corrected chi connectivity index (χ0v) is 22.6. The lowest BCUT2D eigenvalue weighted by Crippen LogP contribution is -2.49. The van der Waals surface area contributed by atoms with Crippen LogP contribution in [0.1, 0.15) is 40.0 Å². The first kappa shape index (κ1) is 27.6. The highest BCUT2D eigenvalue weighted by molar-refractivity contribution is 5.96. The molecule has 1 aliphatic carbocycles. The van der Waals surface area contributed by atoms with Crippen LogP contribution in [-0.4, -0.2) is 51.6 Å². The van der Waals surface area contributed by atoms with E-state index in [1.54, 1.807) is 6.92 Å². The molecule has 0 fully saturated rings. The molecule has 4 aromatic rings. The van der Waals surface area contributed by atoms with Crippen LogP contribution in [-0.2, 0) is 27.9 Å². The van der Waals surface area contributed by atoms with E-state index in [0.717, 1.165) is 27.8 Å². The van der Waals surface area contributed by atoms with E-state index in [4.69, 9.17) is 9.47 Å². The number of carboxylic acid groups (broad SMARTS) is 1. The molecule has 2 amide bonds. The summed E-state index contributed by atoms with van der Waals surface area (Å²) in [6.07, 6.45) is -1.54. The third-order valence-electron chi connectivity index (χ3n) is 7.06. The standard InChI is InChI=1S/C31H30N4O6/c1-19(40-17-20-10-4-3-5-11-20)28(30(37)38)33-29(36)26-16-27(34-35(26)2)32-31(39)41-18-25-23-14-8-6-12-21(23)22-13-7-9-15-24(22)25/h3-16,19,25,28H,17-18H2,1-2H3,(H,33,36)(H,37,38)(H,32,34,39). The number of amides is 2. The molecule has 5 rings (SSSR count). The third kappa shape index (κ3) is 6.12. The van der Waals surface area contributed by atoms with Crippen LogP contribution in [0.2, 0.25) is 0 Å². The van der Waals surface area contributed by atoms with Gasteiger partial charge in [0, 0.05) is 19.0 Å². The van der Waals surface area contributed by atoms with Crippen LogP contribution >= 0.6 is 0 Å². The normalized spacial score (nSPS) is 13.5. The molecule has 10 heteroatoms. The van der Waals surface area contributed by atoms with Crippen LogP contribution < -0.4 is 10.6 Å². The summed E-state index contributed by atoms with van der Waals surface area (Å²) in [6, 6.07) is 25.4. The van der Waals surface area contributed by atoms with Crippen LogP contribution in [0.5, 0.6) is 0 Å². The highest BCUT2D eigenvalue weighted by Crippen LogP contribution is 2.44. The number of benzene rings is 3. The molecule has 1 aliphatic rings. The number of rotatable bonds is 10. The number of nitrogens with one attached hydrogen (secondary N) is 2. The van der Waals surface area contributed by atoms with Gasteiger partial charge < -0.3 is 19.9 Å². The summed E-state index contributed by atoms with van der Waals surface area (Å²) in [5.74, 6) is -1.92. The Bertz CT molecular complexity index is 1520. The van der Waals surface area contributed by atoms with Crippen molar-refractivity contribution in [3.63, 3.8) is 0 Å². The van der Waals surface area contributed by atoms with Gasteiger partial charge in [0.05, 0.1) is 12.7 Å². The van der Waals surface area contributed by atoms with Crippen molar-refractivity contribution in [1.82, 2.24) is 15.1 Å². The molecule has 41 heavy (non-hydrogen) atoms. The number of carboxylic acids is 1. The lowest BCUT2D eigenvalue weighted by molar-refractivity contribution is -0.143. The zero-order valence-electron chi connectivity index (χ0n) is 22.6. The van der Waals surface area contributed by atoms with Gasteiger partial charge in [0.15, 0.2) is 11.9 Å². The van der Waals surface area contributed by atoms with E-state index in [2.05, 4.69) is 27.9 Å². The van der Waals surface area contributed by atoms with Crippen molar-refractivity contribution in [1.29, 1.82) is 0 Å². The Morgan fingerprint density at radius 1 is 0.951 bits per heavy atom. The molecule has 1 aromatic heterocycles. The smallest absolute Gasteiger partial charge is 0.412 e. The maximum Gasteiger partial charge on any atom is 0.412 e. The Labute approximate surface area is 236 Å². The summed E-state index contributed by atoms with van der Waals surface area (Å²) in [6.45, 7) is 1.90. The second kappa shape index (κ2) is 12.1. The number of fused-ring (bicyclic) bond motifs is 3. The summed E-state index contributed by atoms with van der Waals surface area (Å²) < 4.78 is 12.5. The molecule has 0 saturated carbocycles. The summed E-state index contributed by atoms with van der Waals surface area (Å²) in [5.41, 5.74) is 5.36. The molecule has 3 N–H and O–H groups in total. The number of carbonyl (C=O) groups is 3. The number of anilines is 1. The highest BCUT2D eigenvalue weighted by Gasteiger charge is 2.30. The molecule has 3 aromatic carbocycles. The van der Waals surface area contributed by atoms with Crippen LogP contribution in [0.25, 0.3) is 11.1 Å². The summed E-state index contributed by atoms with van der Waals surface area (Å²) in [7, 11) is 1.52. The number of nitrogens with zero attached hydrogens (tertiary/aromatic N) is 2. The fourth-order valence-corrected chi connectivity index (χ4v) is 4.97. The topological polar surface area (TPSA) is 132 Å². The zero-order chi connectivity index (χ0) is 28.9. The first-order valence-corrected chi connectivity index (χ1v) is 13.2. The maximum atomic E-state index is 13.0. The molecule has 2 atom stereocenters. The van der Waals surface area contributed by atoms with Crippen molar-refractivity contribution in [3.05, 3.63) is 107 Å². The van der Waals surface area contributed by atoms with E-state index in [0.29, 0.717) is 0 Å². The fourth-order valence-electron chi connectivity index (χ4n) is 4.97. The number of hydrogen-bond acceptors (Lipinski definition) is 6. The van der Waals surface area contributed by atoms with Gasteiger partial charge in [-0.15, -0.1) is 0 Å². The quantitative estimate of drug-likeness (QED) is 0.262. The van der Waals surface area contributed by atoms with Crippen molar-refractivity contribution in [2.75, 3.05) is 11.9 Å². The van der Waals surface area contributed by atoms with E-state index in [-0.39, 0.29) is 30.6 Å². The molecular formula is C31H30N4O6. The molecule has 0 radical (unpaired) electrons. The number of carbonyl (C=O) groups excluding carboxylic acids is 2. The van der Waals surface area contributed by atoms with Crippen LogP contribution in [0.4, 0.5) is 10.6 Å². The largest absolute Gasteiger partial charge is 0.480 e. The minimum absolute atomic E-state index is 0.0560. The molecule has 10 nitrogen and oxygen atoms in total. The molecule has 1 heterocycles. The lowest BCUT2D eigenvalue weighted by atomic mass is 9.98. The average Bonchev–Trinajstić information content (AvgIpc) is 3.50. The van der Waals surface area contributed by atoms with E-state index in [1.807, 2.05) is 66.7 Å². The van der Waals surface area contributed by atoms with E-state index in [1.165, 1.54) is 17.8 Å². The van der Waals surface area contributed by atoms with Gasteiger partial charge in [-0.2, -0.15) is 5.10 Å². The first-order chi connectivity index (χ1) is 19.8. The highest BCUT2D eigenvalue weighted by atomic mass is 16.5. The van der Waals surface area contributed by atoms with Crippen molar-refractivity contribution in [2.45, 2.75) is 31.6 Å². The second-order valence-electron chi connectivity index (χ2n) is 9.78. The number of aromatic nitrogens is 2. The lowest BCUT2D eigenvalue weighted by Gasteiger charge is -2.22. The minimum Gasteiger partial charge on any atom is -0.480 e. The van der Waals surface area contributed by atoms with Gasteiger partial charge in [-0.3, -0.25) is 14.8 Å². The van der Waals surface area contributed by atoms with Crippen LogP contribution in [0.15, 0.2) is 84.9 Å². The molecule has 2 unspecified atom stereocenters. The van der Waals surface area contributed by atoms with Crippen molar-refractivity contribution >= 4 is 23.8 Å². The molecular weight excluding hydrogens is 524 g/mol. The Morgan fingerprint density at radius 2 is 1.56 bits per heavy atom. The fraction of sp³-hybridized carbons (Fsp3) is 0.226. The van der Waals surface area contributed by atoms with Gasteiger partial charge in [-0.05, 0) is 34.7 Å².